The Kier molecular flexibility index (Phi) is 6.31. The lowest BCUT2D eigenvalue weighted by Gasteiger charge is -2.37. The van der Waals surface area contributed by atoms with Gasteiger partial charge in [-0.25, -0.2) is 4.79 Å². The molecule has 152 valence electrons. The molecule has 1 saturated heterocycles. The Morgan fingerprint density at radius 1 is 1.03 bits per heavy atom. The number of nitrogens with zero attached hydrogens (tertiary/aromatic N) is 2. The van der Waals surface area contributed by atoms with Gasteiger partial charge in [-0.05, 0) is 36.6 Å². The highest BCUT2D eigenvalue weighted by Gasteiger charge is 2.31. The Labute approximate surface area is 180 Å². The topological polar surface area (TPSA) is 52.7 Å². The fraction of sp³-hybridized carbons (Fsp3) is 0.364. The first-order chi connectivity index (χ1) is 14.1. The van der Waals surface area contributed by atoms with Gasteiger partial charge in [-0.2, -0.15) is 0 Å². The fourth-order valence-electron chi connectivity index (χ4n) is 3.84. The number of benzene rings is 2. The highest BCUT2D eigenvalue weighted by Crippen LogP contribution is 2.35. The lowest BCUT2D eigenvalue weighted by atomic mass is 9.96. The number of fused-ring (bicyclic) bond motifs is 1. The van der Waals surface area contributed by atoms with E-state index in [9.17, 15) is 9.59 Å². The van der Waals surface area contributed by atoms with Crippen molar-refractivity contribution >= 4 is 41.0 Å². The van der Waals surface area contributed by atoms with Crippen molar-refractivity contribution in [1.29, 1.82) is 0 Å². The Balaban J connectivity index is 1.31. The van der Waals surface area contributed by atoms with Gasteiger partial charge in [0.25, 0.3) is 0 Å². The molecule has 29 heavy (non-hydrogen) atoms. The maximum Gasteiger partial charge on any atom is 0.324 e. The van der Waals surface area contributed by atoms with Crippen LogP contribution in [-0.2, 0) is 11.3 Å². The predicted molar refractivity (Wildman–Crippen MR) is 118 cm³/mol. The molecule has 0 radical (unpaired) electrons. The molecule has 2 aliphatic heterocycles. The first kappa shape index (κ1) is 20.1. The van der Waals surface area contributed by atoms with E-state index < -0.39 is 0 Å². The van der Waals surface area contributed by atoms with Gasteiger partial charge in [0.05, 0.1) is 5.69 Å². The molecule has 0 unspecified atom stereocenters. The molecule has 0 aliphatic carbocycles. The number of nitrogens with one attached hydrogen (secondary N) is 1. The number of rotatable bonds is 3. The van der Waals surface area contributed by atoms with Gasteiger partial charge in [0.2, 0.25) is 5.91 Å². The summed E-state index contributed by atoms with van der Waals surface area (Å²) in [5.74, 6) is 0.881. The van der Waals surface area contributed by atoms with Crippen molar-refractivity contribution in [3.63, 3.8) is 0 Å². The summed E-state index contributed by atoms with van der Waals surface area (Å²) in [7, 11) is 0. The van der Waals surface area contributed by atoms with Gasteiger partial charge >= 0.3 is 6.03 Å². The highest BCUT2D eigenvalue weighted by atomic mass is 35.5. The number of halogens is 1. The SMILES string of the molecule is O=C(NCc1ccccc1Cl)C1CCN(C(=O)N2CCSc3ccccc32)CC1. The Morgan fingerprint density at radius 2 is 1.76 bits per heavy atom. The van der Waals surface area contributed by atoms with E-state index in [2.05, 4.69) is 11.4 Å². The van der Waals surface area contributed by atoms with E-state index in [1.807, 2.05) is 52.3 Å². The summed E-state index contributed by atoms with van der Waals surface area (Å²) in [5, 5.41) is 3.65. The quantitative estimate of drug-likeness (QED) is 0.786. The van der Waals surface area contributed by atoms with Crippen molar-refractivity contribution in [2.24, 2.45) is 5.92 Å². The molecule has 7 heteroatoms. The number of carbonyl (C=O) groups is 2. The second-order valence-electron chi connectivity index (χ2n) is 7.32. The zero-order valence-electron chi connectivity index (χ0n) is 16.1. The molecule has 2 aliphatic rings. The van der Waals surface area contributed by atoms with Gasteiger partial charge in [0.15, 0.2) is 0 Å². The number of hydrogen-bond acceptors (Lipinski definition) is 3. The molecule has 2 aromatic rings. The Bertz CT molecular complexity index is 899. The summed E-state index contributed by atoms with van der Waals surface area (Å²) in [4.78, 5) is 30.5. The second kappa shape index (κ2) is 9.09. The molecule has 0 atom stereocenters. The van der Waals surface area contributed by atoms with Crippen molar-refractivity contribution in [2.45, 2.75) is 24.3 Å². The van der Waals surface area contributed by atoms with Gasteiger partial charge in [0.1, 0.15) is 0 Å². The second-order valence-corrected chi connectivity index (χ2v) is 8.86. The number of anilines is 1. The van der Waals surface area contributed by atoms with Crippen LogP contribution in [0.1, 0.15) is 18.4 Å². The molecule has 3 amide bonds. The lowest BCUT2D eigenvalue weighted by Crippen LogP contribution is -2.49. The molecule has 0 saturated carbocycles. The molecule has 0 bridgehead atoms. The normalized spacial score (nSPS) is 17.0. The number of urea groups is 1. The van der Waals surface area contributed by atoms with E-state index in [-0.39, 0.29) is 17.9 Å². The predicted octanol–water partition coefficient (Wildman–Crippen LogP) is 4.40. The lowest BCUT2D eigenvalue weighted by molar-refractivity contribution is -0.126. The average Bonchev–Trinajstić information content (AvgIpc) is 2.77. The van der Waals surface area contributed by atoms with Crippen LogP contribution in [0.15, 0.2) is 53.4 Å². The fourth-order valence-corrected chi connectivity index (χ4v) is 5.04. The van der Waals surface area contributed by atoms with Gasteiger partial charge in [-0.15, -0.1) is 11.8 Å². The summed E-state index contributed by atoms with van der Waals surface area (Å²) in [6.07, 6.45) is 1.37. The number of likely N-dealkylation sites (tertiary alicyclic amines) is 1. The van der Waals surface area contributed by atoms with E-state index >= 15 is 0 Å². The van der Waals surface area contributed by atoms with Crippen LogP contribution in [-0.4, -0.2) is 42.2 Å². The van der Waals surface area contributed by atoms with Gasteiger partial charge in [-0.1, -0.05) is 41.9 Å². The van der Waals surface area contributed by atoms with Gasteiger partial charge in [-0.3, -0.25) is 9.69 Å². The third-order valence-electron chi connectivity index (χ3n) is 5.51. The molecular weight excluding hydrogens is 406 g/mol. The van der Waals surface area contributed by atoms with E-state index in [0.717, 1.165) is 28.4 Å². The zero-order valence-corrected chi connectivity index (χ0v) is 17.7. The first-order valence-electron chi connectivity index (χ1n) is 9.93. The summed E-state index contributed by atoms with van der Waals surface area (Å²) in [6.45, 7) is 2.36. The smallest absolute Gasteiger partial charge is 0.324 e. The standard InChI is InChI=1S/C22H24ClN3O2S/c23-18-6-2-1-5-17(18)15-24-21(27)16-9-11-25(12-10-16)22(28)26-13-14-29-20-8-4-3-7-19(20)26/h1-8,16H,9-15H2,(H,24,27). The molecule has 0 aromatic heterocycles. The van der Waals surface area contributed by atoms with Crippen LogP contribution in [0.5, 0.6) is 0 Å². The molecule has 1 N–H and O–H groups in total. The maximum absolute atomic E-state index is 13.1. The van der Waals surface area contributed by atoms with Crippen LogP contribution in [0.2, 0.25) is 5.02 Å². The van der Waals surface area contributed by atoms with Gasteiger partial charge in [0, 0.05) is 47.8 Å². The van der Waals surface area contributed by atoms with Crippen molar-refractivity contribution in [3.05, 3.63) is 59.1 Å². The summed E-state index contributed by atoms with van der Waals surface area (Å²) in [6, 6.07) is 15.6. The third kappa shape index (κ3) is 4.54. The number of para-hydroxylation sites is 1. The number of carbonyl (C=O) groups excluding carboxylic acids is 2. The maximum atomic E-state index is 13.1. The largest absolute Gasteiger partial charge is 0.352 e. The molecule has 2 heterocycles. The number of thioether (sulfide) groups is 1. The highest BCUT2D eigenvalue weighted by molar-refractivity contribution is 7.99. The monoisotopic (exact) mass is 429 g/mol. The first-order valence-corrected chi connectivity index (χ1v) is 11.3. The number of hydrogen-bond donors (Lipinski definition) is 1. The minimum absolute atomic E-state index is 0.0386. The van der Waals surface area contributed by atoms with Crippen LogP contribution >= 0.6 is 23.4 Å². The van der Waals surface area contributed by atoms with Crippen molar-refractivity contribution in [3.8, 4) is 0 Å². The molecule has 2 aromatic carbocycles. The summed E-state index contributed by atoms with van der Waals surface area (Å²) < 4.78 is 0. The Morgan fingerprint density at radius 3 is 2.55 bits per heavy atom. The number of amides is 3. The van der Waals surface area contributed by atoms with Crippen LogP contribution in [0.25, 0.3) is 0 Å². The van der Waals surface area contributed by atoms with Crippen LogP contribution in [0, 0.1) is 5.92 Å². The van der Waals surface area contributed by atoms with Crippen molar-refractivity contribution in [1.82, 2.24) is 10.2 Å². The minimum atomic E-state index is -0.0641. The zero-order chi connectivity index (χ0) is 20.2. The Hall–Kier alpha value is -2.18. The third-order valence-corrected chi connectivity index (χ3v) is 6.92. The molecular formula is C22H24ClN3O2S. The van der Waals surface area contributed by atoms with Crippen LogP contribution in [0.4, 0.5) is 10.5 Å². The summed E-state index contributed by atoms with van der Waals surface area (Å²) >= 11 is 7.95. The molecule has 5 nitrogen and oxygen atoms in total. The van der Waals surface area contributed by atoms with E-state index in [0.29, 0.717) is 37.5 Å². The summed E-state index contributed by atoms with van der Waals surface area (Å²) in [5.41, 5.74) is 1.91. The average molecular weight is 430 g/mol. The minimum Gasteiger partial charge on any atom is -0.352 e. The van der Waals surface area contributed by atoms with Crippen LogP contribution < -0.4 is 10.2 Å². The van der Waals surface area contributed by atoms with Crippen molar-refractivity contribution in [2.75, 3.05) is 30.3 Å². The molecule has 1 fully saturated rings. The number of piperidine rings is 1. The molecule has 0 spiro atoms. The van der Waals surface area contributed by atoms with Crippen LogP contribution in [0.3, 0.4) is 0 Å². The van der Waals surface area contributed by atoms with E-state index in [1.165, 1.54) is 0 Å². The van der Waals surface area contributed by atoms with E-state index in [4.69, 9.17) is 11.6 Å². The van der Waals surface area contributed by atoms with Gasteiger partial charge < -0.3 is 10.2 Å². The van der Waals surface area contributed by atoms with E-state index in [1.54, 1.807) is 11.8 Å². The molecule has 4 rings (SSSR count). The van der Waals surface area contributed by atoms with Crippen molar-refractivity contribution < 1.29 is 9.59 Å².